The zero-order valence-corrected chi connectivity index (χ0v) is 18.2. The zero-order chi connectivity index (χ0) is 23.2. The van der Waals surface area contributed by atoms with Gasteiger partial charge in [-0.25, -0.2) is 5.43 Å². The summed E-state index contributed by atoms with van der Waals surface area (Å²) >= 11 is 0. The highest BCUT2D eigenvalue weighted by Crippen LogP contribution is 2.16. The molecule has 0 unspecified atom stereocenters. The first-order valence-electron chi connectivity index (χ1n) is 10.2. The number of para-hydroxylation sites is 1. The quantitative estimate of drug-likeness (QED) is 0.213. The molecule has 3 amide bonds. The van der Waals surface area contributed by atoms with Crippen molar-refractivity contribution in [3.05, 3.63) is 59.7 Å². The number of nitrogens with zero attached hydrogens (tertiary/aromatic N) is 1. The largest absolute Gasteiger partial charge is 0.484 e. The van der Waals surface area contributed by atoms with Crippen LogP contribution in [0.5, 0.6) is 5.75 Å². The van der Waals surface area contributed by atoms with Gasteiger partial charge < -0.3 is 20.1 Å². The molecule has 0 spiro atoms. The molecule has 0 aliphatic heterocycles. The molecule has 2 aromatic rings. The van der Waals surface area contributed by atoms with Crippen LogP contribution in [0.2, 0.25) is 0 Å². The third kappa shape index (κ3) is 8.57. The second-order valence-electron chi connectivity index (χ2n) is 6.72. The first-order valence-corrected chi connectivity index (χ1v) is 10.2. The van der Waals surface area contributed by atoms with Crippen LogP contribution in [0.15, 0.2) is 53.6 Å². The molecular weight excluding hydrogens is 412 g/mol. The molecule has 170 valence electrons. The van der Waals surface area contributed by atoms with Crippen molar-refractivity contribution in [3.8, 4) is 5.75 Å². The molecule has 0 aliphatic rings. The summed E-state index contributed by atoms with van der Waals surface area (Å²) in [6.45, 7) is 2.69. The highest BCUT2D eigenvalue weighted by Gasteiger charge is 2.11. The van der Waals surface area contributed by atoms with Crippen molar-refractivity contribution in [1.29, 1.82) is 0 Å². The number of hydrazone groups is 1. The first kappa shape index (κ1) is 24.5. The van der Waals surface area contributed by atoms with E-state index >= 15 is 0 Å². The standard InChI is InChI=1S/C23H28N4O5/c1-3-18-9-4-5-11-20(18)26-21(28)16-32-19-10-6-8-17(14-19)15-25-27-23(30)22(29)24-12-7-13-31-2/h4-6,8-11,14-15H,3,7,12-13,16H2,1-2H3,(H,24,29)(H,26,28)(H,27,30)/b25-15-. The molecule has 0 bridgehead atoms. The van der Waals surface area contributed by atoms with E-state index in [1.54, 1.807) is 31.4 Å². The molecule has 0 saturated heterocycles. The Morgan fingerprint density at radius 3 is 2.66 bits per heavy atom. The number of hydrogen-bond donors (Lipinski definition) is 3. The number of anilines is 1. The Morgan fingerprint density at radius 2 is 1.88 bits per heavy atom. The average molecular weight is 441 g/mol. The van der Waals surface area contributed by atoms with E-state index < -0.39 is 11.8 Å². The van der Waals surface area contributed by atoms with Crippen molar-refractivity contribution in [2.75, 3.05) is 32.2 Å². The van der Waals surface area contributed by atoms with Crippen molar-refractivity contribution < 1.29 is 23.9 Å². The number of nitrogens with one attached hydrogen (secondary N) is 3. The number of hydrogen-bond acceptors (Lipinski definition) is 6. The smallest absolute Gasteiger partial charge is 0.329 e. The normalized spacial score (nSPS) is 10.6. The van der Waals surface area contributed by atoms with Crippen LogP contribution >= 0.6 is 0 Å². The van der Waals surface area contributed by atoms with E-state index in [1.807, 2.05) is 31.2 Å². The highest BCUT2D eigenvalue weighted by molar-refractivity contribution is 6.35. The molecule has 0 heterocycles. The third-order valence-electron chi connectivity index (χ3n) is 4.30. The summed E-state index contributed by atoms with van der Waals surface area (Å²) in [6, 6.07) is 14.4. The van der Waals surface area contributed by atoms with E-state index in [0.29, 0.717) is 30.9 Å². The number of carbonyl (C=O) groups is 3. The predicted molar refractivity (Wildman–Crippen MR) is 122 cm³/mol. The second kappa shape index (κ2) is 13.6. The predicted octanol–water partition coefficient (Wildman–Crippen LogP) is 1.87. The monoisotopic (exact) mass is 440 g/mol. The van der Waals surface area contributed by atoms with Crippen LogP contribution in [0.3, 0.4) is 0 Å². The summed E-state index contributed by atoms with van der Waals surface area (Å²) in [5.41, 5.74) is 4.60. The van der Waals surface area contributed by atoms with Crippen LogP contribution in [0.1, 0.15) is 24.5 Å². The molecule has 3 N–H and O–H groups in total. The first-order chi connectivity index (χ1) is 15.5. The SMILES string of the molecule is CCc1ccccc1NC(=O)COc1cccc(/C=N\NC(=O)C(=O)NCCCOC)c1. The average Bonchev–Trinajstić information content (AvgIpc) is 2.81. The maximum Gasteiger partial charge on any atom is 0.329 e. The van der Waals surface area contributed by atoms with Gasteiger partial charge in [0.05, 0.1) is 6.21 Å². The van der Waals surface area contributed by atoms with E-state index in [-0.39, 0.29) is 12.5 Å². The lowest BCUT2D eigenvalue weighted by Gasteiger charge is -2.10. The van der Waals surface area contributed by atoms with Gasteiger partial charge in [0.2, 0.25) is 0 Å². The van der Waals surface area contributed by atoms with Crippen LogP contribution in [0.25, 0.3) is 0 Å². The molecule has 0 saturated carbocycles. The van der Waals surface area contributed by atoms with Crippen molar-refractivity contribution in [1.82, 2.24) is 10.7 Å². The molecule has 0 aliphatic carbocycles. The van der Waals surface area contributed by atoms with Crippen LogP contribution in [0, 0.1) is 0 Å². The van der Waals surface area contributed by atoms with Gasteiger partial charge in [-0.05, 0) is 42.2 Å². The van der Waals surface area contributed by atoms with Crippen LogP contribution in [-0.4, -0.2) is 50.8 Å². The number of carbonyl (C=O) groups excluding carboxylic acids is 3. The number of ether oxygens (including phenoxy) is 2. The fourth-order valence-corrected chi connectivity index (χ4v) is 2.69. The summed E-state index contributed by atoms with van der Waals surface area (Å²) in [4.78, 5) is 35.5. The zero-order valence-electron chi connectivity index (χ0n) is 18.2. The van der Waals surface area contributed by atoms with Crippen molar-refractivity contribution in [2.45, 2.75) is 19.8 Å². The van der Waals surface area contributed by atoms with Crippen LogP contribution in [-0.2, 0) is 25.5 Å². The Hall–Kier alpha value is -3.72. The Morgan fingerprint density at radius 1 is 1.06 bits per heavy atom. The Bertz CT molecular complexity index is 945. The minimum atomic E-state index is -0.866. The molecule has 9 nitrogen and oxygen atoms in total. The Kier molecular flexibility index (Phi) is 10.4. The van der Waals surface area contributed by atoms with Crippen molar-refractivity contribution in [3.63, 3.8) is 0 Å². The number of aryl methyl sites for hydroxylation is 1. The maximum absolute atomic E-state index is 12.2. The van der Waals surface area contributed by atoms with E-state index in [2.05, 4.69) is 21.2 Å². The minimum Gasteiger partial charge on any atom is -0.484 e. The number of methoxy groups -OCH3 is 1. The fourth-order valence-electron chi connectivity index (χ4n) is 2.69. The number of benzene rings is 2. The molecular formula is C23H28N4O5. The lowest BCUT2D eigenvalue weighted by atomic mass is 10.1. The fraction of sp³-hybridized carbons (Fsp3) is 0.304. The molecule has 0 aromatic heterocycles. The maximum atomic E-state index is 12.2. The van der Waals surface area contributed by atoms with Crippen molar-refractivity contribution in [2.24, 2.45) is 5.10 Å². The van der Waals surface area contributed by atoms with Gasteiger partial charge in [0.15, 0.2) is 6.61 Å². The van der Waals surface area contributed by atoms with Gasteiger partial charge >= 0.3 is 11.8 Å². The molecule has 0 radical (unpaired) electrons. The molecule has 32 heavy (non-hydrogen) atoms. The summed E-state index contributed by atoms with van der Waals surface area (Å²) in [6.07, 6.45) is 2.79. The summed E-state index contributed by atoms with van der Waals surface area (Å²) in [7, 11) is 1.56. The number of amides is 3. The lowest BCUT2D eigenvalue weighted by molar-refractivity contribution is -0.139. The summed E-state index contributed by atoms with van der Waals surface area (Å²) in [5.74, 6) is -1.44. The molecule has 0 fully saturated rings. The minimum absolute atomic E-state index is 0.154. The topological polar surface area (TPSA) is 118 Å². The van der Waals surface area contributed by atoms with E-state index in [0.717, 1.165) is 17.7 Å². The third-order valence-corrected chi connectivity index (χ3v) is 4.30. The second-order valence-corrected chi connectivity index (χ2v) is 6.72. The van der Waals surface area contributed by atoms with E-state index in [9.17, 15) is 14.4 Å². The van der Waals surface area contributed by atoms with Gasteiger partial charge in [0.1, 0.15) is 5.75 Å². The van der Waals surface area contributed by atoms with Gasteiger partial charge in [0, 0.05) is 25.9 Å². The Balaban J connectivity index is 1.80. The molecule has 0 atom stereocenters. The molecule has 2 aromatic carbocycles. The van der Waals surface area contributed by atoms with Gasteiger partial charge in [-0.15, -0.1) is 0 Å². The molecule has 9 heteroatoms. The lowest BCUT2D eigenvalue weighted by Crippen LogP contribution is -2.38. The van der Waals surface area contributed by atoms with Gasteiger partial charge in [0.25, 0.3) is 5.91 Å². The highest BCUT2D eigenvalue weighted by atomic mass is 16.5. The van der Waals surface area contributed by atoms with E-state index in [1.165, 1.54) is 6.21 Å². The van der Waals surface area contributed by atoms with Crippen LogP contribution < -0.4 is 20.8 Å². The summed E-state index contributed by atoms with van der Waals surface area (Å²) in [5, 5.41) is 9.08. The van der Waals surface area contributed by atoms with E-state index in [4.69, 9.17) is 9.47 Å². The van der Waals surface area contributed by atoms with Gasteiger partial charge in [-0.2, -0.15) is 5.10 Å². The van der Waals surface area contributed by atoms with Crippen molar-refractivity contribution >= 4 is 29.6 Å². The molecule has 2 rings (SSSR count). The Labute approximate surface area is 187 Å². The summed E-state index contributed by atoms with van der Waals surface area (Å²) < 4.78 is 10.4. The van der Waals surface area contributed by atoms with Gasteiger partial charge in [-0.1, -0.05) is 37.3 Å². The number of rotatable bonds is 11. The van der Waals surface area contributed by atoms with Crippen LogP contribution in [0.4, 0.5) is 5.69 Å². The van der Waals surface area contributed by atoms with Gasteiger partial charge in [-0.3, -0.25) is 14.4 Å².